The predicted octanol–water partition coefficient (Wildman–Crippen LogP) is 4.73. The molecule has 0 unspecified atom stereocenters. The second-order valence-electron chi connectivity index (χ2n) is 6.50. The molecule has 28 heavy (non-hydrogen) atoms. The number of carbonyl (C=O) groups is 2. The van der Waals surface area contributed by atoms with E-state index in [-0.39, 0.29) is 35.4 Å². The Balaban J connectivity index is 2.28. The highest BCUT2D eigenvalue weighted by Gasteiger charge is 2.27. The topological polar surface area (TPSA) is 49.4 Å². The first-order valence-electron chi connectivity index (χ1n) is 9.08. The fraction of sp³-hybridized carbons (Fsp3) is 0.333. The number of rotatable bonds is 8. The van der Waals surface area contributed by atoms with Crippen molar-refractivity contribution >= 4 is 39.3 Å². The molecule has 1 N–H and O–H groups in total. The van der Waals surface area contributed by atoms with E-state index in [1.165, 1.54) is 17.0 Å². The van der Waals surface area contributed by atoms with Gasteiger partial charge in [0.25, 0.3) is 0 Å². The molecule has 0 saturated carbocycles. The van der Waals surface area contributed by atoms with Crippen molar-refractivity contribution in [2.45, 2.75) is 39.3 Å². The van der Waals surface area contributed by atoms with Gasteiger partial charge in [0.2, 0.25) is 11.8 Å². The van der Waals surface area contributed by atoms with Crippen LogP contribution in [-0.2, 0) is 22.6 Å². The molecule has 7 heteroatoms. The summed E-state index contributed by atoms with van der Waals surface area (Å²) in [5.74, 6) is -1.15. The van der Waals surface area contributed by atoms with Gasteiger partial charge in [0.05, 0.1) is 6.42 Å². The van der Waals surface area contributed by atoms with Crippen LogP contribution in [0.4, 0.5) is 4.39 Å². The largest absolute Gasteiger partial charge is 0.354 e. The van der Waals surface area contributed by atoms with Gasteiger partial charge in [-0.05, 0) is 43.2 Å². The highest BCUT2D eigenvalue weighted by atomic mass is 79.9. The maximum Gasteiger partial charge on any atom is 0.242 e. The Hall–Kier alpha value is -1.92. The van der Waals surface area contributed by atoms with Crippen LogP contribution in [0.25, 0.3) is 0 Å². The fourth-order valence-electron chi connectivity index (χ4n) is 2.76. The first kappa shape index (κ1) is 22.4. The van der Waals surface area contributed by atoms with Crippen LogP contribution < -0.4 is 5.32 Å². The summed E-state index contributed by atoms with van der Waals surface area (Å²) in [6.45, 7) is 4.38. The number of carbonyl (C=O) groups excluding carboxylic acids is 2. The lowest BCUT2D eigenvalue weighted by atomic mass is 10.1. The van der Waals surface area contributed by atoms with Crippen LogP contribution in [0.3, 0.4) is 0 Å². The van der Waals surface area contributed by atoms with E-state index in [0.29, 0.717) is 6.54 Å². The molecule has 0 aliphatic rings. The Morgan fingerprint density at radius 2 is 1.96 bits per heavy atom. The highest BCUT2D eigenvalue weighted by molar-refractivity contribution is 9.10. The molecule has 150 valence electrons. The Morgan fingerprint density at radius 3 is 2.61 bits per heavy atom. The van der Waals surface area contributed by atoms with Crippen LogP contribution in [-0.4, -0.2) is 29.3 Å². The maximum absolute atomic E-state index is 14.1. The van der Waals surface area contributed by atoms with Crippen molar-refractivity contribution in [1.82, 2.24) is 10.2 Å². The molecule has 0 aromatic heterocycles. The molecule has 0 saturated heterocycles. The number of nitrogens with one attached hydrogen (secondary N) is 1. The van der Waals surface area contributed by atoms with Crippen LogP contribution in [0, 0.1) is 5.82 Å². The Morgan fingerprint density at radius 1 is 1.25 bits per heavy atom. The number of nitrogens with zero attached hydrogens (tertiary/aromatic N) is 1. The smallest absolute Gasteiger partial charge is 0.242 e. The van der Waals surface area contributed by atoms with Crippen molar-refractivity contribution in [1.29, 1.82) is 0 Å². The zero-order valence-corrected chi connectivity index (χ0v) is 18.2. The predicted molar refractivity (Wildman–Crippen MR) is 113 cm³/mol. The van der Waals surface area contributed by atoms with Crippen LogP contribution >= 0.6 is 27.5 Å². The molecule has 0 aliphatic carbocycles. The van der Waals surface area contributed by atoms with Gasteiger partial charge >= 0.3 is 0 Å². The van der Waals surface area contributed by atoms with E-state index in [1.807, 2.05) is 31.2 Å². The molecule has 0 spiro atoms. The molecule has 0 fully saturated rings. The summed E-state index contributed by atoms with van der Waals surface area (Å²) in [7, 11) is 0. The summed E-state index contributed by atoms with van der Waals surface area (Å²) < 4.78 is 15.0. The SMILES string of the molecule is CCCNC(=O)[C@@H](C)N(Cc1cccc(Br)c1)C(=O)Cc1c(F)cccc1Cl. The van der Waals surface area contributed by atoms with Crippen LogP contribution in [0.2, 0.25) is 5.02 Å². The first-order chi connectivity index (χ1) is 13.3. The summed E-state index contributed by atoms with van der Waals surface area (Å²) in [5.41, 5.74) is 0.993. The Bertz CT molecular complexity index is 827. The summed E-state index contributed by atoms with van der Waals surface area (Å²) >= 11 is 9.49. The lowest BCUT2D eigenvalue weighted by molar-refractivity contribution is -0.140. The Labute approximate surface area is 178 Å². The summed E-state index contributed by atoms with van der Waals surface area (Å²) in [6.07, 6.45) is 0.577. The van der Waals surface area contributed by atoms with Crippen LogP contribution in [0.15, 0.2) is 46.9 Å². The average molecular weight is 470 g/mol. The number of benzene rings is 2. The van der Waals surface area contributed by atoms with E-state index in [0.717, 1.165) is 16.5 Å². The molecule has 1 atom stereocenters. The summed E-state index contributed by atoms with van der Waals surface area (Å²) in [5, 5.41) is 3.00. The van der Waals surface area contributed by atoms with Crippen LogP contribution in [0.5, 0.6) is 0 Å². The van der Waals surface area contributed by atoms with Gasteiger partial charge in [-0.1, -0.05) is 52.7 Å². The molecule has 0 radical (unpaired) electrons. The van der Waals surface area contributed by atoms with E-state index >= 15 is 0 Å². The third-order valence-corrected chi connectivity index (χ3v) is 5.20. The van der Waals surface area contributed by atoms with Crippen molar-refractivity contribution in [3.63, 3.8) is 0 Å². The zero-order chi connectivity index (χ0) is 20.7. The second kappa shape index (κ2) is 10.6. The minimum absolute atomic E-state index is 0.134. The van der Waals surface area contributed by atoms with Gasteiger partial charge in [-0.25, -0.2) is 4.39 Å². The standard InChI is InChI=1S/C21H23BrClFN2O2/c1-3-10-25-21(28)14(2)26(13-15-6-4-7-16(22)11-15)20(27)12-17-18(23)8-5-9-19(17)24/h4-9,11,14H,3,10,12-13H2,1-2H3,(H,25,28)/t14-/m1/s1. The van der Waals surface area contributed by atoms with E-state index in [1.54, 1.807) is 13.0 Å². The fourth-order valence-corrected chi connectivity index (χ4v) is 3.44. The van der Waals surface area contributed by atoms with Crippen molar-refractivity contribution in [3.05, 3.63) is 68.9 Å². The lowest BCUT2D eigenvalue weighted by Crippen LogP contribution is -2.48. The number of amides is 2. The molecule has 0 heterocycles. The van der Waals surface area contributed by atoms with Crippen molar-refractivity contribution in [3.8, 4) is 0 Å². The molecule has 4 nitrogen and oxygen atoms in total. The van der Waals surface area contributed by atoms with E-state index in [9.17, 15) is 14.0 Å². The minimum atomic E-state index is -0.705. The van der Waals surface area contributed by atoms with Crippen LogP contribution in [0.1, 0.15) is 31.4 Å². The average Bonchev–Trinajstić information content (AvgIpc) is 2.66. The van der Waals surface area contributed by atoms with Gasteiger partial charge in [-0.3, -0.25) is 9.59 Å². The van der Waals surface area contributed by atoms with Crippen molar-refractivity contribution in [2.24, 2.45) is 0 Å². The molecule has 2 aromatic carbocycles. The van der Waals surface area contributed by atoms with Gasteiger partial charge in [0.1, 0.15) is 11.9 Å². The van der Waals surface area contributed by atoms with Gasteiger partial charge in [0, 0.05) is 28.1 Å². The van der Waals surface area contributed by atoms with Gasteiger partial charge in [-0.2, -0.15) is 0 Å². The van der Waals surface area contributed by atoms with E-state index < -0.39 is 11.9 Å². The Kier molecular flexibility index (Phi) is 8.45. The molecular weight excluding hydrogens is 447 g/mol. The highest BCUT2D eigenvalue weighted by Crippen LogP contribution is 2.22. The quantitative estimate of drug-likeness (QED) is 0.608. The van der Waals surface area contributed by atoms with E-state index in [4.69, 9.17) is 11.6 Å². The lowest BCUT2D eigenvalue weighted by Gasteiger charge is -2.29. The number of halogens is 3. The number of hydrogen-bond donors (Lipinski definition) is 1. The third-order valence-electron chi connectivity index (χ3n) is 4.35. The summed E-state index contributed by atoms with van der Waals surface area (Å²) in [4.78, 5) is 27.0. The molecular formula is C21H23BrClFN2O2. The normalized spacial score (nSPS) is 11.8. The number of hydrogen-bond acceptors (Lipinski definition) is 2. The second-order valence-corrected chi connectivity index (χ2v) is 7.82. The van der Waals surface area contributed by atoms with Crippen molar-refractivity contribution < 1.29 is 14.0 Å². The minimum Gasteiger partial charge on any atom is -0.354 e. The van der Waals surface area contributed by atoms with Gasteiger partial charge < -0.3 is 10.2 Å². The molecule has 2 aromatic rings. The molecule has 0 aliphatic heterocycles. The molecule has 2 rings (SSSR count). The third kappa shape index (κ3) is 6.04. The van der Waals surface area contributed by atoms with E-state index in [2.05, 4.69) is 21.2 Å². The monoisotopic (exact) mass is 468 g/mol. The summed E-state index contributed by atoms with van der Waals surface area (Å²) in [6, 6.07) is 11.1. The van der Waals surface area contributed by atoms with Gasteiger partial charge in [-0.15, -0.1) is 0 Å². The van der Waals surface area contributed by atoms with Crippen molar-refractivity contribution in [2.75, 3.05) is 6.54 Å². The first-order valence-corrected chi connectivity index (χ1v) is 10.2. The van der Waals surface area contributed by atoms with Gasteiger partial charge in [0.15, 0.2) is 0 Å². The molecule has 2 amide bonds. The molecule has 0 bridgehead atoms. The zero-order valence-electron chi connectivity index (χ0n) is 15.8. The maximum atomic E-state index is 14.1.